The van der Waals surface area contributed by atoms with Gasteiger partial charge in [0.2, 0.25) is 0 Å². The van der Waals surface area contributed by atoms with E-state index in [4.69, 9.17) is 15.1 Å². The minimum atomic E-state index is -0.946. The van der Waals surface area contributed by atoms with Gasteiger partial charge in [-0.1, -0.05) is 0 Å². The van der Waals surface area contributed by atoms with Gasteiger partial charge in [0.25, 0.3) is 0 Å². The Hall–Kier alpha value is -3.34. The van der Waals surface area contributed by atoms with Crippen molar-refractivity contribution in [3.8, 4) is 17.5 Å². The number of aromatic nitrogens is 1. The quantitative estimate of drug-likeness (QED) is 0.785. The summed E-state index contributed by atoms with van der Waals surface area (Å²) >= 11 is 0. The molecule has 1 aliphatic carbocycles. The lowest BCUT2D eigenvalue weighted by Crippen LogP contribution is -2.52. The van der Waals surface area contributed by atoms with E-state index in [0.717, 1.165) is 42.5 Å². The fourth-order valence-electron chi connectivity index (χ4n) is 4.05. The zero-order valence-corrected chi connectivity index (χ0v) is 15.5. The predicted octanol–water partition coefficient (Wildman–Crippen LogP) is 1.23. The van der Waals surface area contributed by atoms with Gasteiger partial charge in [0, 0.05) is 26.2 Å². The molecule has 2 amide bonds. The number of amides is 2. The van der Waals surface area contributed by atoms with Gasteiger partial charge in [0.1, 0.15) is 17.6 Å². The molecule has 2 aliphatic rings. The summed E-state index contributed by atoms with van der Waals surface area (Å²) in [7, 11) is 0. The molecular formula is C20H21N5O3. The van der Waals surface area contributed by atoms with Crippen molar-refractivity contribution in [1.29, 1.82) is 5.26 Å². The second kappa shape index (κ2) is 7.35. The van der Waals surface area contributed by atoms with Crippen LogP contribution in [-0.4, -0.2) is 47.9 Å². The number of piperazine rings is 1. The van der Waals surface area contributed by atoms with Crippen LogP contribution in [0.5, 0.6) is 0 Å². The van der Waals surface area contributed by atoms with Gasteiger partial charge in [-0.3, -0.25) is 9.59 Å². The van der Waals surface area contributed by atoms with Crippen LogP contribution in [0.25, 0.3) is 11.5 Å². The molecule has 144 valence electrons. The molecule has 2 aromatic heterocycles. The average Bonchev–Trinajstić information content (AvgIpc) is 3.26. The summed E-state index contributed by atoms with van der Waals surface area (Å²) in [6.45, 7) is 1.69. The smallest absolute Gasteiger partial charge is 0.311 e. The molecule has 1 fully saturated rings. The second-order valence-corrected chi connectivity index (χ2v) is 7.06. The van der Waals surface area contributed by atoms with Gasteiger partial charge in [-0.25, -0.2) is 4.98 Å². The van der Waals surface area contributed by atoms with Crippen LogP contribution in [0.2, 0.25) is 0 Å². The molecule has 0 spiro atoms. The molecule has 0 aromatic carbocycles. The number of carbonyl (C=O) groups is 2. The third-order valence-corrected chi connectivity index (χ3v) is 5.44. The number of pyridine rings is 1. The third-order valence-electron chi connectivity index (χ3n) is 5.44. The molecule has 2 N–H and O–H groups in total. The minimum Gasteiger partial charge on any atom is -0.463 e. The van der Waals surface area contributed by atoms with Gasteiger partial charge in [-0.15, -0.1) is 0 Å². The Kier molecular flexibility index (Phi) is 4.74. The Morgan fingerprint density at radius 2 is 1.86 bits per heavy atom. The average molecular weight is 379 g/mol. The molecule has 8 heteroatoms. The highest BCUT2D eigenvalue weighted by molar-refractivity contribution is 6.34. The number of primary amides is 1. The van der Waals surface area contributed by atoms with Gasteiger partial charge >= 0.3 is 11.8 Å². The van der Waals surface area contributed by atoms with E-state index in [1.807, 2.05) is 17.0 Å². The molecule has 1 aliphatic heterocycles. The summed E-state index contributed by atoms with van der Waals surface area (Å²) in [6.07, 6.45) is 5.47. The number of nitrogens with two attached hydrogens (primary N) is 1. The Morgan fingerprint density at radius 3 is 2.46 bits per heavy atom. The Bertz CT molecular complexity index is 953. The van der Waals surface area contributed by atoms with E-state index in [1.54, 1.807) is 6.26 Å². The van der Waals surface area contributed by atoms with E-state index in [-0.39, 0.29) is 0 Å². The Balaban J connectivity index is 1.72. The summed E-state index contributed by atoms with van der Waals surface area (Å²) in [5, 5.41) is 9.87. The van der Waals surface area contributed by atoms with Crippen molar-refractivity contribution >= 4 is 17.6 Å². The molecule has 0 radical (unpaired) electrons. The number of furan rings is 1. The van der Waals surface area contributed by atoms with Crippen LogP contribution < -0.4 is 10.6 Å². The van der Waals surface area contributed by atoms with Crippen LogP contribution in [0, 0.1) is 11.3 Å². The van der Waals surface area contributed by atoms with E-state index in [9.17, 15) is 14.9 Å². The fourth-order valence-corrected chi connectivity index (χ4v) is 4.05. The number of fused-ring (bicyclic) bond motifs is 1. The molecular weight excluding hydrogens is 358 g/mol. The molecule has 8 nitrogen and oxygen atoms in total. The summed E-state index contributed by atoms with van der Waals surface area (Å²) in [6, 6.07) is 6.07. The molecule has 0 bridgehead atoms. The van der Waals surface area contributed by atoms with E-state index in [1.165, 1.54) is 4.90 Å². The molecule has 0 unspecified atom stereocenters. The lowest BCUT2D eigenvalue weighted by Gasteiger charge is -2.36. The van der Waals surface area contributed by atoms with Gasteiger partial charge in [-0.05, 0) is 48.9 Å². The lowest BCUT2D eigenvalue weighted by atomic mass is 9.87. The number of carbonyl (C=O) groups excluding carboxylic acids is 2. The maximum atomic E-state index is 11.8. The van der Waals surface area contributed by atoms with E-state index in [2.05, 4.69) is 6.07 Å². The first-order valence-electron chi connectivity index (χ1n) is 9.43. The summed E-state index contributed by atoms with van der Waals surface area (Å²) < 4.78 is 5.61. The molecule has 0 atom stereocenters. The Labute approximate surface area is 162 Å². The SMILES string of the molecule is N#Cc1c(N2CCN(C(=O)C(N)=O)CC2)nc(-c2ccco2)c2c1CCCC2. The maximum absolute atomic E-state index is 11.8. The normalized spacial score (nSPS) is 16.4. The van der Waals surface area contributed by atoms with Crippen LogP contribution in [0.15, 0.2) is 22.8 Å². The summed E-state index contributed by atoms with van der Waals surface area (Å²) in [5.41, 5.74) is 8.66. The topological polar surface area (TPSA) is 116 Å². The number of nitriles is 1. The van der Waals surface area contributed by atoms with E-state index in [0.29, 0.717) is 43.3 Å². The monoisotopic (exact) mass is 379 g/mol. The zero-order valence-electron chi connectivity index (χ0n) is 15.5. The largest absolute Gasteiger partial charge is 0.463 e. The van der Waals surface area contributed by atoms with E-state index < -0.39 is 11.8 Å². The van der Waals surface area contributed by atoms with Crippen LogP contribution in [0.3, 0.4) is 0 Å². The molecule has 0 saturated carbocycles. The molecule has 3 heterocycles. The van der Waals surface area contributed by atoms with Gasteiger partial charge < -0.3 is 20.0 Å². The summed E-state index contributed by atoms with van der Waals surface area (Å²) in [5.74, 6) is -0.292. The molecule has 1 saturated heterocycles. The predicted molar refractivity (Wildman–Crippen MR) is 101 cm³/mol. The van der Waals surface area contributed by atoms with E-state index >= 15 is 0 Å². The highest BCUT2D eigenvalue weighted by Gasteiger charge is 2.30. The zero-order chi connectivity index (χ0) is 19.7. The minimum absolute atomic E-state index is 0.363. The van der Waals surface area contributed by atoms with Crippen LogP contribution >= 0.6 is 0 Å². The van der Waals surface area contributed by atoms with Crippen molar-refractivity contribution in [2.45, 2.75) is 25.7 Å². The second-order valence-electron chi connectivity index (χ2n) is 7.06. The van der Waals surface area contributed by atoms with Gasteiger partial charge in [0.15, 0.2) is 5.76 Å². The molecule has 2 aromatic rings. The first kappa shape index (κ1) is 18.0. The fraction of sp³-hybridized carbons (Fsp3) is 0.400. The summed E-state index contributed by atoms with van der Waals surface area (Å²) in [4.78, 5) is 31.2. The van der Waals surface area contributed by atoms with Crippen molar-refractivity contribution in [1.82, 2.24) is 9.88 Å². The number of nitrogens with zero attached hydrogens (tertiary/aromatic N) is 4. The van der Waals surface area contributed by atoms with Crippen molar-refractivity contribution in [3.05, 3.63) is 35.1 Å². The number of anilines is 1. The van der Waals surface area contributed by atoms with Gasteiger partial charge in [0.05, 0.1) is 11.8 Å². The first-order valence-corrected chi connectivity index (χ1v) is 9.43. The standard InChI is InChI=1S/C20H21N5O3/c21-12-15-13-4-1-2-5-14(13)17(16-6-3-11-28-16)23-19(15)24-7-9-25(10-8-24)20(27)18(22)26/h3,6,11H,1-2,4-5,7-10H2,(H2,22,26). The highest BCUT2D eigenvalue weighted by Crippen LogP contribution is 2.36. The molecule has 28 heavy (non-hydrogen) atoms. The van der Waals surface area contributed by atoms with Crippen molar-refractivity contribution in [2.24, 2.45) is 5.73 Å². The maximum Gasteiger partial charge on any atom is 0.311 e. The number of hydrogen-bond acceptors (Lipinski definition) is 6. The van der Waals surface area contributed by atoms with Crippen molar-refractivity contribution < 1.29 is 14.0 Å². The van der Waals surface area contributed by atoms with Crippen LogP contribution in [-0.2, 0) is 22.4 Å². The van der Waals surface area contributed by atoms with Gasteiger partial charge in [-0.2, -0.15) is 5.26 Å². The highest BCUT2D eigenvalue weighted by atomic mass is 16.3. The first-order chi connectivity index (χ1) is 13.6. The molecule has 4 rings (SSSR count). The number of rotatable bonds is 2. The third kappa shape index (κ3) is 3.09. The van der Waals surface area contributed by atoms with Crippen molar-refractivity contribution in [2.75, 3.05) is 31.1 Å². The number of hydrogen-bond donors (Lipinski definition) is 1. The van der Waals surface area contributed by atoms with Crippen LogP contribution in [0.1, 0.15) is 29.5 Å². The lowest BCUT2D eigenvalue weighted by molar-refractivity contribution is -0.144. The Morgan fingerprint density at radius 1 is 1.14 bits per heavy atom. The van der Waals surface area contributed by atoms with Crippen molar-refractivity contribution in [3.63, 3.8) is 0 Å². The van der Waals surface area contributed by atoms with Crippen LogP contribution in [0.4, 0.5) is 5.82 Å².